The first kappa shape index (κ1) is 24.3. The molecule has 1 aliphatic heterocycles. The fraction of sp³-hybridized carbons (Fsp3) is 0.480. The predicted molar refractivity (Wildman–Crippen MR) is 126 cm³/mol. The molecule has 3 rings (SSSR count). The topological polar surface area (TPSA) is 75.7 Å². The number of aryl methyl sites for hydroxylation is 3. The summed E-state index contributed by atoms with van der Waals surface area (Å²) in [4.78, 5) is 12.5. The van der Waals surface area contributed by atoms with E-state index in [9.17, 15) is 13.2 Å². The van der Waals surface area contributed by atoms with Gasteiger partial charge in [-0.3, -0.25) is 4.79 Å². The van der Waals surface area contributed by atoms with E-state index in [2.05, 4.69) is 5.32 Å². The zero-order valence-electron chi connectivity index (χ0n) is 19.1. The number of nitrogens with one attached hydrogen (secondary N) is 1. The van der Waals surface area contributed by atoms with Crippen LogP contribution in [0.25, 0.3) is 0 Å². The van der Waals surface area contributed by atoms with Gasteiger partial charge in [-0.25, -0.2) is 8.42 Å². The highest BCUT2D eigenvalue weighted by molar-refractivity contribution is 7.89. The number of hydrogen-bond acceptors (Lipinski definition) is 4. The maximum Gasteiger partial charge on any atom is 0.243 e. The fourth-order valence-corrected chi connectivity index (χ4v) is 5.45. The van der Waals surface area contributed by atoms with E-state index in [1.165, 1.54) is 0 Å². The molecule has 0 aromatic heterocycles. The van der Waals surface area contributed by atoms with Crippen molar-refractivity contribution in [1.82, 2.24) is 9.62 Å². The Labute approximate surface area is 192 Å². The molecule has 1 heterocycles. The highest BCUT2D eigenvalue weighted by Crippen LogP contribution is 2.23. The van der Waals surface area contributed by atoms with Crippen molar-refractivity contribution >= 4 is 15.9 Å². The van der Waals surface area contributed by atoms with Gasteiger partial charge in [0, 0.05) is 26.1 Å². The molecule has 6 nitrogen and oxygen atoms in total. The Morgan fingerprint density at radius 1 is 1.00 bits per heavy atom. The van der Waals surface area contributed by atoms with Crippen LogP contribution in [-0.4, -0.2) is 44.9 Å². The molecule has 32 heavy (non-hydrogen) atoms. The SMILES string of the molecule is Cc1cccc(C)c1OCCCNC(=O)CCc1ccc(S(=O)(=O)N2CCCCC2)cc1. The maximum atomic E-state index is 12.7. The summed E-state index contributed by atoms with van der Waals surface area (Å²) in [5.74, 6) is 0.909. The molecule has 7 heteroatoms. The third kappa shape index (κ3) is 6.56. The Balaban J connectivity index is 1.37. The number of hydrogen-bond donors (Lipinski definition) is 1. The quantitative estimate of drug-likeness (QED) is 0.546. The molecule has 0 radical (unpaired) electrons. The minimum Gasteiger partial charge on any atom is -0.493 e. The molecule has 0 spiro atoms. The largest absolute Gasteiger partial charge is 0.493 e. The summed E-state index contributed by atoms with van der Waals surface area (Å²) in [7, 11) is -3.41. The third-order valence-electron chi connectivity index (χ3n) is 5.82. The van der Waals surface area contributed by atoms with Gasteiger partial charge in [-0.15, -0.1) is 0 Å². The molecule has 1 aliphatic rings. The van der Waals surface area contributed by atoms with Crippen LogP contribution >= 0.6 is 0 Å². The minimum absolute atomic E-state index is 0.0120. The number of piperidine rings is 1. The van der Waals surface area contributed by atoms with Crippen molar-refractivity contribution in [3.63, 3.8) is 0 Å². The first-order valence-corrected chi connectivity index (χ1v) is 12.9. The van der Waals surface area contributed by atoms with Crippen LogP contribution in [0.15, 0.2) is 47.4 Å². The summed E-state index contributed by atoms with van der Waals surface area (Å²) in [5.41, 5.74) is 3.18. The number of benzene rings is 2. The van der Waals surface area contributed by atoms with E-state index in [-0.39, 0.29) is 5.91 Å². The van der Waals surface area contributed by atoms with E-state index in [4.69, 9.17) is 4.74 Å². The van der Waals surface area contributed by atoms with Crippen molar-refractivity contribution in [3.05, 3.63) is 59.2 Å². The van der Waals surface area contributed by atoms with Gasteiger partial charge in [0.1, 0.15) is 5.75 Å². The number of ether oxygens (including phenoxy) is 1. The Hall–Kier alpha value is -2.38. The van der Waals surface area contributed by atoms with Crippen LogP contribution in [0.2, 0.25) is 0 Å². The van der Waals surface area contributed by atoms with Crippen molar-refractivity contribution < 1.29 is 17.9 Å². The second kappa shape index (κ2) is 11.5. The molecule has 0 bridgehead atoms. The zero-order chi connectivity index (χ0) is 23.0. The van der Waals surface area contributed by atoms with Crippen LogP contribution < -0.4 is 10.1 Å². The number of carbonyl (C=O) groups excluding carboxylic acids is 1. The summed E-state index contributed by atoms with van der Waals surface area (Å²) < 4.78 is 32.9. The molecule has 0 atom stereocenters. The molecular formula is C25H34N2O4S. The van der Waals surface area contributed by atoms with E-state index in [0.717, 1.165) is 48.1 Å². The number of nitrogens with zero attached hydrogens (tertiary/aromatic N) is 1. The average Bonchev–Trinajstić information content (AvgIpc) is 2.80. The molecule has 0 aliphatic carbocycles. The zero-order valence-corrected chi connectivity index (χ0v) is 19.9. The van der Waals surface area contributed by atoms with Gasteiger partial charge in [0.2, 0.25) is 15.9 Å². The first-order chi connectivity index (χ1) is 15.4. The molecule has 0 saturated carbocycles. The second-order valence-corrected chi connectivity index (χ2v) is 10.3. The molecule has 1 amide bonds. The number of rotatable bonds is 10. The highest BCUT2D eigenvalue weighted by Gasteiger charge is 2.25. The first-order valence-electron chi connectivity index (χ1n) is 11.4. The summed E-state index contributed by atoms with van der Waals surface area (Å²) in [6.45, 7) is 6.37. The molecule has 2 aromatic rings. The Morgan fingerprint density at radius 2 is 1.66 bits per heavy atom. The van der Waals surface area contributed by atoms with Crippen molar-refractivity contribution in [2.24, 2.45) is 0 Å². The normalized spacial score (nSPS) is 14.8. The predicted octanol–water partition coefficient (Wildman–Crippen LogP) is 4.00. The fourth-order valence-electron chi connectivity index (χ4n) is 3.93. The lowest BCUT2D eigenvalue weighted by atomic mass is 10.1. The highest BCUT2D eigenvalue weighted by atomic mass is 32.2. The maximum absolute atomic E-state index is 12.7. The molecule has 1 N–H and O–H groups in total. The monoisotopic (exact) mass is 458 g/mol. The van der Waals surface area contributed by atoms with Crippen LogP contribution in [0.4, 0.5) is 0 Å². The summed E-state index contributed by atoms with van der Waals surface area (Å²) >= 11 is 0. The van der Waals surface area contributed by atoms with Crippen molar-refractivity contribution in [3.8, 4) is 5.75 Å². The van der Waals surface area contributed by atoms with Crippen LogP contribution in [0.5, 0.6) is 5.75 Å². The smallest absolute Gasteiger partial charge is 0.243 e. The second-order valence-electron chi connectivity index (χ2n) is 8.38. The van der Waals surface area contributed by atoms with Crippen LogP contribution in [0, 0.1) is 13.8 Å². The van der Waals surface area contributed by atoms with Crippen LogP contribution in [0.3, 0.4) is 0 Å². The lowest BCUT2D eigenvalue weighted by molar-refractivity contribution is -0.121. The van der Waals surface area contributed by atoms with E-state index in [0.29, 0.717) is 44.0 Å². The number of amides is 1. The van der Waals surface area contributed by atoms with Crippen molar-refractivity contribution in [2.75, 3.05) is 26.2 Å². The summed E-state index contributed by atoms with van der Waals surface area (Å²) in [6, 6.07) is 13.0. The van der Waals surface area contributed by atoms with Gasteiger partial charge in [-0.2, -0.15) is 4.31 Å². The molecule has 0 unspecified atom stereocenters. The standard InChI is InChI=1S/C25H34N2O4S/c1-20-8-6-9-21(2)25(20)31-19-7-16-26-24(28)15-12-22-10-13-23(14-11-22)32(29,30)27-17-4-3-5-18-27/h6,8-11,13-14H,3-5,7,12,15-19H2,1-2H3,(H,26,28). The Bertz CT molecular complexity index is 977. The Morgan fingerprint density at radius 3 is 2.31 bits per heavy atom. The van der Waals surface area contributed by atoms with Gasteiger partial charge < -0.3 is 10.1 Å². The van der Waals surface area contributed by atoms with Gasteiger partial charge in [-0.1, -0.05) is 36.8 Å². The van der Waals surface area contributed by atoms with Crippen LogP contribution in [0.1, 0.15) is 48.8 Å². The van der Waals surface area contributed by atoms with Gasteiger partial charge in [0.25, 0.3) is 0 Å². The van der Waals surface area contributed by atoms with Gasteiger partial charge in [0.05, 0.1) is 11.5 Å². The number of sulfonamides is 1. The van der Waals surface area contributed by atoms with E-state index >= 15 is 0 Å². The molecule has 174 valence electrons. The third-order valence-corrected chi connectivity index (χ3v) is 7.73. The average molecular weight is 459 g/mol. The molecule has 1 saturated heterocycles. The van der Waals surface area contributed by atoms with E-state index in [1.54, 1.807) is 16.4 Å². The lowest BCUT2D eigenvalue weighted by Gasteiger charge is -2.25. The van der Waals surface area contributed by atoms with Crippen molar-refractivity contribution in [1.29, 1.82) is 0 Å². The van der Waals surface area contributed by atoms with Gasteiger partial charge in [0.15, 0.2) is 0 Å². The summed E-state index contributed by atoms with van der Waals surface area (Å²) in [6.07, 6.45) is 4.62. The van der Waals surface area contributed by atoms with E-state index in [1.807, 2.05) is 44.2 Å². The van der Waals surface area contributed by atoms with Crippen molar-refractivity contribution in [2.45, 2.75) is 57.3 Å². The lowest BCUT2D eigenvalue weighted by Crippen LogP contribution is -2.35. The van der Waals surface area contributed by atoms with E-state index < -0.39 is 10.0 Å². The molecule has 1 fully saturated rings. The molecule has 2 aromatic carbocycles. The minimum atomic E-state index is -3.41. The Kier molecular flexibility index (Phi) is 8.70. The number of para-hydroxylation sites is 1. The van der Waals surface area contributed by atoms with Gasteiger partial charge >= 0.3 is 0 Å². The summed E-state index contributed by atoms with van der Waals surface area (Å²) in [5, 5.41) is 2.93. The van der Waals surface area contributed by atoms with Crippen LogP contribution in [-0.2, 0) is 21.2 Å². The van der Waals surface area contributed by atoms with Gasteiger partial charge in [-0.05, 0) is 68.4 Å². The number of carbonyl (C=O) groups is 1. The molecular weight excluding hydrogens is 424 g/mol.